The number of amides is 2. The lowest BCUT2D eigenvalue weighted by Crippen LogP contribution is -2.33. The third-order valence-corrected chi connectivity index (χ3v) is 6.07. The van der Waals surface area contributed by atoms with Crippen molar-refractivity contribution in [1.82, 2.24) is 9.47 Å². The van der Waals surface area contributed by atoms with E-state index < -0.39 is 17.8 Å². The zero-order valence-corrected chi connectivity index (χ0v) is 20.2. The molecule has 1 heterocycles. The first-order valence-corrected chi connectivity index (χ1v) is 11.7. The smallest absolute Gasteiger partial charge is 0.408 e. The second-order valence-corrected chi connectivity index (χ2v) is 8.33. The minimum absolute atomic E-state index is 0.0200. The Labute approximate surface area is 207 Å². The Bertz CT molecular complexity index is 1370. The van der Waals surface area contributed by atoms with Gasteiger partial charge in [-0.3, -0.25) is 4.79 Å². The molecule has 180 valence electrons. The molecule has 0 saturated heterocycles. The van der Waals surface area contributed by atoms with Crippen molar-refractivity contribution >= 4 is 40.2 Å². The Morgan fingerprint density at radius 1 is 1.03 bits per heavy atom. The number of hydrogen-bond acceptors (Lipinski definition) is 3. The lowest BCUT2D eigenvalue weighted by Gasteiger charge is -2.20. The number of halogens is 2. The SMILES string of the molecule is CCN(CC)C(=O)Oc1ccc2c(ccn2Cc2ccccc2)c1NC(=O)c1cc(F)ccc1Cl. The van der Waals surface area contributed by atoms with Gasteiger partial charge in [-0.2, -0.15) is 0 Å². The van der Waals surface area contributed by atoms with Gasteiger partial charge < -0.3 is 19.5 Å². The normalized spacial score (nSPS) is 10.9. The van der Waals surface area contributed by atoms with Gasteiger partial charge in [-0.25, -0.2) is 9.18 Å². The summed E-state index contributed by atoms with van der Waals surface area (Å²) in [6.45, 7) is 5.28. The van der Waals surface area contributed by atoms with E-state index >= 15 is 0 Å². The molecular formula is C27H25ClFN3O3. The average Bonchev–Trinajstić information content (AvgIpc) is 3.26. The summed E-state index contributed by atoms with van der Waals surface area (Å²) in [5.74, 6) is -1.01. The van der Waals surface area contributed by atoms with Gasteiger partial charge in [0.25, 0.3) is 5.91 Å². The molecule has 0 atom stereocenters. The summed E-state index contributed by atoms with van der Waals surface area (Å²) < 4.78 is 21.5. The number of fused-ring (bicyclic) bond motifs is 1. The van der Waals surface area contributed by atoms with Crippen molar-refractivity contribution in [3.8, 4) is 5.75 Å². The van der Waals surface area contributed by atoms with E-state index in [-0.39, 0.29) is 16.3 Å². The topological polar surface area (TPSA) is 63.6 Å². The summed E-state index contributed by atoms with van der Waals surface area (Å²) in [5, 5.41) is 3.58. The standard InChI is InChI=1S/C27H25ClFN3O3/c1-3-31(4-2)27(34)35-24-13-12-23-20(14-15-32(23)17-18-8-6-5-7-9-18)25(24)30-26(33)21-16-19(29)10-11-22(21)28/h5-16H,3-4,17H2,1-2H3,(H,30,33). The molecule has 0 aliphatic rings. The van der Waals surface area contributed by atoms with E-state index in [1.807, 2.05) is 67.1 Å². The predicted molar refractivity (Wildman–Crippen MR) is 136 cm³/mol. The minimum Gasteiger partial charge on any atom is -0.408 e. The summed E-state index contributed by atoms with van der Waals surface area (Å²) in [4.78, 5) is 27.3. The minimum atomic E-state index is -0.613. The highest BCUT2D eigenvalue weighted by atomic mass is 35.5. The van der Waals surface area contributed by atoms with Crippen LogP contribution in [0.3, 0.4) is 0 Å². The zero-order chi connectivity index (χ0) is 24.9. The van der Waals surface area contributed by atoms with E-state index in [9.17, 15) is 14.0 Å². The molecule has 8 heteroatoms. The number of carbonyl (C=O) groups excluding carboxylic acids is 2. The van der Waals surface area contributed by atoms with Gasteiger partial charge in [-0.15, -0.1) is 0 Å². The third-order valence-electron chi connectivity index (χ3n) is 5.74. The maximum absolute atomic E-state index is 13.8. The fourth-order valence-corrected chi connectivity index (χ4v) is 4.08. The van der Waals surface area contributed by atoms with E-state index in [2.05, 4.69) is 5.32 Å². The van der Waals surface area contributed by atoms with Crippen LogP contribution in [0.5, 0.6) is 5.75 Å². The second kappa shape index (κ2) is 10.6. The highest BCUT2D eigenvalue weighted by Gasteiger charge is 2.21. The van der Waals surface area contributed by atoms with Crippen molar-refractivity contribution in [1.29, 1.82) is 0 Å². The van der Waals surface area contributed by atoms with E-state index in [1.165, 1.54) is 17.0 Å². The van der Waals surface area contributed by atoms with E-state index in [1.54, 1.807) is 6.07 Å². The molecular weight excluding hydrogens is 469 g/mol. The zero-order valence-electron chi connectivity index (χ0n) is 19.4. The number of nitrogens with zero attached hydrogens (tertiary/aromatic N) is 2. The molecule has 2 amide bonds. The van der Waals surface area contributed by atoms with Gasteiger partial charge in [0, 0.05) is 31.2 Å². The number of carbonyl (C=O) groups is 2. The van der Waals surface area contributed by atoms with Crippen molar-refractivity contribution in [3.05, 3.63) is 94.9 Å². The third kappa shape index (κ3) is 5.30. The molecule has 1 N–H and O–H groups in total. The summed E-state index contributed by atoms with van der Waals surface area (Å²) in [6.07, 6.45) is 1.37. The van der Waals surface area contributed by atoms with Crippen LogP contribution in [0.4, 0.5) is 14.9 Å². The Balaban J connectivity index is 1.76. The first kappa shape index (κ1) is 24.3. The molecule has 1 aromatic heterocycles. The summed E-state index contributed by atoms with van der Waals surface area (Å²) in [5.41, 5.74) is 2.23. The number of rotatable bonds is 7. The quantitative estimate of drug-likeness (QED) is 0.316. The van der Waals surface area contributed by atoms with E-state index in [0.29, 0.717) is 30.7 Å². The van der Waals surface area contributed by atoms with Crippen LogP contribution in [0, 0.1) is 5.82 Å². The molecule has 35 heavy (non-hydrogen) atoms. The largest absolute Gasteiger partial charge is 0.415 e. The fraction of sp³-hybridized carbons (Fsp3) is 0.185. The molecule has 3 aromatic carbocycles. The average molecular weight is 494 g/mol. The van der Waals surface area contributed by atoms with Gasteiger partial charge >= 0.3 is 6.09 Å². The van der Waals surface area contributed by atoms with E-state index in [4.69, 9.17) is 16.3 Å². The molecule has 0 fully saturated rings. The van der Waals surface area contributed by atoms with Gasteiger partial charge in [0.1, 0.15) is 5.82 Å². The van der Waals surface area contributed by atoms with Gasteiger partial charge in [0.2, 0.25) is 0 Å². The van der Waals surface area contributed by atoms with Crippen LogP contribution >= 0.6 is 11.6 Å². The van der Waals surface area contributed by atoms with Crippen LogP contribution in [0.1, 0.15) is 29.8 Å². The Hall–Kier alpha value is -3.84. The molecule has 0 unspecified atom stereocenters. The van der Waals surface area contributed by atoms with E-state index in [0.717, 1.165) is 17.1 Å². The molecule has 0 spiro atoms. The Morgan fingerprint density at radius 3 is 2.49 bits per heavy atom. The first-order valence-electron chi connectivity index (χ1n) is 11.3. The lowest BCUT2D eigenvalue weighted by atomic mass is 10.1. The van der Waals surface area contributed by atoms with Crippen LogP contribution in [-0.4, -0.2) is 34.6 Å². The van der Waals surface area contributed by atoms with Crippen molar-refractivity contribution < 1.29 is 18.7 Å². The highest BCUT2D eigenvalue weighted by molar-refractivity contribution is 6.34. The summed E-state index contributed by atoms with van der Waals surface area (Å²) in [7, 11) is 0. The monoisotopic (exact) mass is 493 g/mol. The first-order chi connectivity index (χ1) is 16.9. The van der Waals surface area contributed by atoms with Gasteiger partial charge in [0.15, 0.2) is 5.75 Å². The van der Waals surface area contributed by atoms with Crippen molar-refractivity contribution in [2.75, 3.05) is 18.4 Å². The number of aromatic nitrogens is 1. The number of benzene rings is 3. The molecule has 0 aliphatic carbocycles. The molecule has 0 bridgehead atoms. The number of anilines is 1. The predicted octanol–water partition coefficient (Wildman–Crippen LogP) is 6.58. The molecule has 0 saturated carbocycles. The molecule has 0 radical (unpaired) electrons. The summed E-state index contributed by atoms with van der Waals surface area (Å²) in [6, 6.07) is 18.9. The maximum Gasteiger partial charge on any atom is 0.415 e. The fourth-order valence-electron chi connectivity index (χ4n) is 3.88. The van der Waals surface area contributed by atoms with Crippen molar-refractivity contribution in [3.63, 3.8) is 0 Å². The number of ether oxygens (including phenoxy) is 1. The van der Waals surface area contributed by atoms with Crippen molar-refractivity contribution in [2.24, 2.45) is 0 Å². The van der Waals surface area contributed by atoms with Crippen LogP contribution in [0.15, 0.2) is 72.9 Å². The number of hydrogen-bond donors (Lipinski definition) is 1. The molecule has 0 aliphatic heterocycles. The molecule has 4 rings (SSSR count). The van der Waals surface area contributed by atoms with Crippen LogP contribution < -0.4 is 10.1 Å². The van der Waals surface area contributed by atoms with Crippen LogP contribution in [0.25, 0.3) is 10.9 Å². The maximum atomic E-state index is 13.8. The number of nitrogens with one attached hydrogen (secondary N) is 1. The molecule has 4 aromatic rings. The Morgan fingerprint density at radius 2 is 1.77 bits per heavy atom. The van der Waals surface area contributed by atoms with Gasteiger partial charge in [-0.05, 0) is 55.8 Å². The molecule has 6 nitrogen and oxygen atoms in total. The van der Waals surface area contributed by atoms with Crippen LogP contribution in [0.2, 0.25) is 5.02 Å². The summed E-state index contributed by atoms with van der Waals surface area (Å²) >= 11 is 6.15. The van der Waals surface area contributed by atoms with Gasteiger partial charge in [0.05, 0.1) is 21.8 Å². The second-order valence-electron chi connectivity index (χ2n) is 7.92. The Kier molecular flexibility index (Phi) is 7.36. The lowest BCUT2D eigenvalue weighted by molar-refractivity contribution is 0.102. The van der Waals surface area contributed by atoms with Crippen molar-refractivity contribution in [2.45, 2.75) is 20.4 Å². The highest BCUT2D eigenvalue weighted by Crippen LogP contribution is 2.35. The van der Waals surface area contributed by atoms with Crippen LogP contribution in [-0.2, 0) is 6.54 Å². The van der Waals surface area contributed by atoms with Gasteiger partial charge in [-0.1, -0.05) is 41.9 Å².